The Bertz CT molecular complexity index is 1280. The molecule has 0 saturated heterocycles. The van der Waals surface area contributed by atoms with Gasteiger partial charge in [0.1, 0.15) is 0 Å². The lowest BCUT2D eigenvalue weighted by atomic mass is 9.92. The zero-order valence-electron chi connectivity index (χ0n) is 21.2. The van der Waals surface area contributed by atoms with Gasteiger partial charge in [0.15, 0.2) is 11.5 Å². The number of aromatic nitrogens is 1. The average Bonchev–Trinajstić information content (AvgIpc) is 3.51. The number of anilines is 1. The topological polar surface area (TPSA) is 94.8 Å². The molecule has 1 aliphatic carbocycles. The number of nitrogens with zero attached hydrogens (tertiary/aromatic N) is 2. The fourth-order valence-electron chi connectivity index (χ4n) is 4.67. The van der Waals surface area contributed by atoms with Gasteiger partial charge in [-0.1, -0.05) is 26.8 Å². The Hall–Kier alpha value is -3.48. The number of hydrogen-bond donors (Lipinski definition) is 3. The Morgan fingerprint density at radius 1 is 1.03 bits per heavy atom. The number of carbonyl (C=O) groups is 2. The van der Waals surface area contributed by atoms with Crippen molar-refractivity contribution in [2.45, 2.75) is 63.8 Å². The van der Waals surface area contributed by atoms with Crippen LogP contribution < -0.4 is 5.32 Å². The van der Waals surface area contributed by atoms with Crippen LogP contribution in [0, 0.1) is 0 Å². The highest BCUT2D eigenvalue weighted by molar-refractivity contribution is 6.02. The molecule has 0 bridgehead atoms. The Balaban J connectivity index is 1.58. The molecule has 0 atom stereocenters. The van der Waals surface area contributed by atoms with Gasteiger partial charge in [-0.15, -0.1) is 0 Å². The van der Waals surface area contributed by atoms with E-state index in [4.69, 9.17) is 0 Å². The van der Waals surface area contributed by atoms with E-state index in [2.05, 4.69) is 36.7 Å². The fraction of sp³-hybridized carbons (Fsp3) is 0.429. The molecular weight excluding hydrogens is 442 g/mol. The maximum absolute atomic E-state index is 13.2. The van der Waals surface area contributed by atoms with E-state index in [9.17, 15) is 19.8 Å². The molecule has 7 heteroatoms. The Labute approximate surface area is 206 Å². The standard InChI is InChI=1S/C28H35N3O4/c1-27(2,3)24-16-18-15-20(9-10-21(18)31(24)14-6-7-25(34)30(4)5)29-26(35)28(12-13-28)19-8-11-22(32)23(33)17-19/h8-11,15-17,32-33H,6-7,12-14H2,1-5H3,(H,29,35). The lowest BCUT2D eigenvalue weighted by molar-refractivity contribution is -0.128. The molecular formula is C28H35N3O4. The van der Waals surface area contributed by atoms with Gasteiger partial charge in [-0.25, -0.2) is 0 Å². The van der Waals surface area contributed by atoms with Gasteiger partial charge in [0.25, 0.3) is 0 Å². The monoisotopic (exact) mass is 477 g/mol. The van der Waals surface area contributed by atoms with E-state index in [0.29, 0.717) is 24.8 Å². The summed E-state index contributed by atoms with van der Waals surface area (Å²) in [4.78, 5) is 26.9. The second kappa shape index (κ2) is 8.95. The molecule has 186 valence electrons. The van der Waals surface area contributed by atoms with Crippen molar-refractivity contribution in [3.8, 4) is 11.5 Å². The van der Waals surface area contributed by atoms with Gasteiger partial charge >= 0.3 is 0 Å². The molecule has 3 aromatic rings. The summed E-state index contributed by atoms with van der Waals surface area (Å²) in [6.45, 7) is 7.27. The van der Waals surface area contributed by atoms with Gasteiger partial charge in [-0.2, -0.15) is 0 Å². The number of fused-ring (bicyclic) bond motifs is 1. The maximum Gasteiger partial charge on any atom is 0.235 e. The van der Waals surface area contributed by atoms with Crippen molar-refractivity contribution in [3.05, 3.63) is 53.7 Å². The minimum atomic E-state index is -0.679. The Morgan fingerprint density at radius 2 is 1.74 bits per heavy atom. The first-order chi connectivity index (χ1) is 16.4. The van der Waals surface area contributed by atoms with E-state index in [1.165, 1.54) is 17.8 Å². The SMILES string of the molecule is CN(C)C(=O)CCCn1c(C(C)(C)C)cc2cc(NC(=O)C3(c4ccc(O)c(O)c4)CC3)ccc21. The molecule has 7 nitrogen and oxygen atoms in total. The third-order valence-corrected chi connectivity index (χ3v) is 6.91. The van der Waals surface area contributed by atoms with Gasteiger partial charge in [0.05, 0.1) is 5.41 Å². The number of hydrogen-bond acceptors (Lipinski definition) is 4. The van der Waals surface area contributed by atoms with Crippen molar-refractivity contribution in [1.29, 1.82) is 0 Å². The van der Waals surface area contributed by atoms with Crippen molar-refractivity contribution >= 4 is 28.4 Å². The molecule has 2 amide bonds. The summed E-state index contributed by atoms with van der Waals surface area (Å²) in [5.74, 6) is -0.397. The molecule has 1 aromatic heterocycles. The smallest absolute Gasteiger partial charge is 0.235 e. The summed E-state index contributed by atoms with van der Waals surface area (Å²) < 4.78 is 2.28. The number of phenolic OH excluding ortho intramolecular Hbond substituents is 2. The molecule has 1 saturated carbocycles. The average molecular weight is 478 g/mol. The lowest BCUT2D eigenvalue weighted by Crippen LogP contribution is -2.27. The third kappa shape index (κ3) is 4.85. The van der Waals surface area contributed by atoms with Crippen LogP contribution in [0.5, 0.6) is 11.5 Å². The molecule has 0 aliphatic heterocycles. The number of amides is 2. The number of aryl methyl sites for hydroxylation is 1. The van der Waals surface area contributed by atoms with E-state index in [0.717, 1.165) is 29.6 Å². The zero-order valence-corrected chi connectivity index (χ0v) is 21.2. The van der Waals surface area contributed by atoms with Crippen LogP contribution in [0.25, 0.3) is 10.9 Å². The number of rotatable bonds is 7. The maximum atomic E-state index is 13.2. The largest absolute Gasteiger partial charge is 0.504 e. The molecule has 3 N–H and O–H groups in total. The van der Waals surface area contributed by atoms with Crippen LogP contribution in [0.3, 0.4) is 0 Å². The molecule has 1 aliphatic rings. The second-order valence-electron chi connectivity index (χ2n) is 10.8. The van der Waals surface area contributed by atoms with E-state index in [1.54, 1.807) is 25.1 Å². The molecule has 2 aromatic carbocycles. The Morgan fingerprint density at radius 3 is 2.34 bits per heavy atom. The zero-order chi connectivity index (χ0) is 25.5. The fourth-order valence-corrected chi connectivity index (χ4v) is 4.67. The highest BCUT2D eigenvalue weighted by atomic mass is 16.3. The highest BCUT2D eigenvalue weighted by Crippen LogP contribution is 2.50. The van der Waals surface area contributed by atoms with Gasteiger partial charge in [0.2, 0.25) is 11.8 Å². The van der Waals surface area contributed by atoms with Gasteiger partial charge in [0, 0.05) is 54.8 Å². The van der Waals surface area contributed by atoms with E-state index in [1.807, 2.05) is 18.2 Å². The van der Waals surface area contributed by atoms with Gasteiger partial charge in [-0.3, -0.25) is 9.59 Å². The predicted octanol–water partition coefficient (Wildman–Crippen LogP) is 4.89. The lowest BCUT2D eigenvalue weighted by Gasteiger charge is -2.22. The van der Waals surface area contributed by atoms with Gasteiger partial charge in [-0.05, 0) is 61.2 Å². The summed E-state index contributed by atoms with van der Waals surface area (Å²) in [7, 11) is 3.56. The summed E-state index contributed by atoms with van der Waals surface area (Å²) in [6.07, 6.45) is 2.65. The molecule has 1 fully saturated rings. The van der Waals surface area contributed by atoms with Crippen LogP contribution in [0.2, 0.25) is 0 Å². The predicted molar refractivity (Wildman–Crippen MR) is 138 cm³/mol. The summed E-state index contributed by atoms with van der Waals surface area (Å²) in [6, 6.07) is 12.7. The minimum absolute atomic E-state index is 0.0765. The van der Waals surface area contributed by atoms with Crippen molar-refractivity contribution in [3.63, 3.8) is 0 Å². The summed E-state index contributed by atoms with van der Waals surface area (Å²) in [5, 5.41) is 23.6. The van der Waals surface area contributed by atoms with Gasteiger partial charge < -0.3 is 25.0 Å². The highest BCUT2D eigenvalue weighted by Gasteiger charge is 2.51. The molecule has 0 radical (unpaired) electrons. The van der Waals surface area contributed by atoms with Crippen LogP contribution in [-0.2, 0) is 27.0 Å². The number of aromatic hydroxyl groups is 2. The van der Waals surface area contributed by atoms with Crippen molar-refractivity contribution in [1.82, 2.24) is 9.47 Å². The number of phenols is 2. The second-order valence-corrected chi connectivity index (χ2v) is 10.8. The molecule has 0 spiro atoms. The normalized spacial score (nSPS) is 14.7. The number of benzene rings is 2. The molecule has 4 rings (SSSR count). The van der Waals surface area contributed by atoms with E-state index >= 15 is 0 Å². The summed E-state index contributed by atoms with van der Waals surface area (Å²) >= 11 is 0. The van der Waals surface area contributed by atoms with Crippen LogP contribution in [-0.4, -0.2) is 45.6 Å². The summed E-state index contributed by atoms with van der Waals surface area (Å²) in [5.41, 5.74) is 2.94. The number of carbonyl (C=O) groups excluding carboxylic acids is 2. The Kier molecular flexibility index (Phi) is 6.30. The van der Waals surface area contributed by atoms with Crippen LogP contribution in [0.1, 0.15) is 57.7 Å². The van der Waals surface area contributed by atoms with Crippen molar-refractivity contribution in [2.75, 3.05) is 19.4 Å². The van der Waals surface area contributed by atoms with E-state index < -0.39 is 5.41 Å². The third-order valence-electron chi connectivity index (χ3n) is 6.91. The quantitative estimate of drug-likeness (QED) is 0.422. The number of nitrogens with one attached hydrogen (secondary N) is 1. The van der Waals surface area contributed by atoms with Crippen LogP contribution in [0.4, 0.5) is 5.69 Å². The first-order valence-electron chi connectivity index (χ1n) is 12.1. The molecule has 0 unspecified atom stereocenters. The van der Waals surface area contributed by atoms with Crippen molar-refractivity contribution in [2.24, 2.45) is 0 Å². The first kappa shape index (κ1) is 24.6. The molecule has 35 heavy (non-hydrogen) atoms. The molecule has 1 heterocycles. The minimum Gasteiger partial charge on any atom is -0.504 e. The van der Waals surface area contributed by atoms with Crippen LogP contribution >= 0.6 is 0 Å². The van der Waals surface area contributed by atoms with Crippen molar-refractivity contribution < 1.29 is 19.8 Å². The first-order valence-corrected chi connectivity index (χ1v) is 12.1. The van der Waals surface area contributed by atoms with Crippen LogP contribution in [0.15, 0.2) is 42.5 Å². The van der Waals surface area contributed by atoms with E-state index in [-0.39, 0.29) is 28.7 Å².